The quantitative estimate of drug-likeness (QED) is 0.435. The molecule has 0 heterocycles. The third-order valence-electron chi connectivity index (χ3n) is 0.794. The van der Waals surface area contributed by atoms with Gasteiger partial charge in [-0.3, -0.25) is 0 Å². The fourth-order valence-electron chi connectivity index (χ4n) is 0.264. The number of carboxylic acids is 2. The van der Waals surface area contributed by atoms with Crippen LogP contribution in [0.3, 0.4) is 0 Å². The summed E-state index contributed by atoms with van der Waals surface area (Å²) in [5.74, 6) is -3.83. The molecule has 2 atom stereocenters. The Balaban J connectivity index is 0. The highest BCUT2D eigenvalue weighted by Crippen LogP contribution is 1.90. The zero-order valence-corrected chi connectivity index (χ0v) is 9.17. The maximum absolute atomic E-state index is 9.74. The molecule has 90 valence electrons. The third kappa shape index (κ3) is 12.8. The van der Waals surface area contributed by atoms with Crippen LogP contribution in [0.4, 0.5) is 0 Å². The number of carboxylic acid groups (broad SMARTS) is 2. The second-order valence-corrected chi connectivity index (χ2v) is 4.23. The van der Waals surface area contributed by atoms with Crippen molar-refractivity contribution in [3.8, 4) is 0 Å². The number of quaternary nitrogens is 1. The average molecular weight is 223 g/mol. The van der Waals surface area contributed by atoms with Crippen LogP contribution in [0.5, 0.6) is 0 Å². The molecule has 7 heteroatoms. The number of aliphatic carboxylic acids is 2. The minimum Gasteiger partial charge on any atom is -0.547 e. The molecule has 0 aliphatic carbocycles. The summed E-state index contributed by atoms with van der Waals surface area (Å²) in [7, 11) is 8.50. The molecule has 7 nitrogen and oxygen atoms in total. The molecule has 15 heavy (non-hydrogen) atoms. The van der Waals surface area contributed by atoms with E-state index in [1.165, 1.54) is 0 Å². The minimum atomic E-state index is -2.38. The molecule has 0 rings (SSSR count). The Kier molecular flexibility index (Phi) is 6.86. The van der Waals surface area contributed by atoms with Crippen molar-refractivity contribution in [2.45, 2.75) is 12.2 Å². The van der Waals surface area contributed by atoms with Crippen molar-refractivity contribution >= 4 is 11.9 Å². The average Bonchev–Trinajstić information content (AvgIpc) is 1.98. The molecule has 0 amide bonds. The molecule has 0 aromatic carbocycles. The van der Waals surface area contributed by atoms with E-state index in [1.807, 2.05) is 0 Å². The van der Waals surface area contributed by atoms with Crippen LogP contribution in [0.1, 0.15) is 0 Å². The summed E-state index contributed by atoms with van der Waals surface area (Å²) in [6.45, 7) is 0. The van der Waals surface area contributed by atoms with E-state index in [0.717, 1.165) is 4.48 Å². The molecule has 0 saturated carbocycles. The summed E-state index contributed by atoms with van der Waals surface area (Å²) >= 11 is 0. The number of aliphatic hydroxyl groups is 2. The van der Waals surface area contributed by atoms with Gasteiger partial charge in [0, 0.05) is 0 Å². The maximum atomic E-state index is 9.74. The molecule has 0 aromatic rings. The first-order chi connectivity index (χ1) is 6.46. The summed E-state index contributed by atoms with van der Waals surface area (Å²) < 4.78 is 1.00. The Labute approximate surface area is 87.8 Å². The lowest BCUT2D eigenvalue weighted by Gasteiger charge is -2.14. The number of rotatable bonds is 3. The highest BCUT2D eigenvalue weighted by atomic mass is 16.4. The standard InChI is InChI=1S/C4H12N.C4H6O6/c1-5(2,3)4;5-1(3(7)8)2(6)4(9)10/h1-4H3;1-2,5-6H,(H,7,8)(H,9,10)/q+1;/p-1. The molecule has 0 aliphatic heterocycles. The van der Waals surface area contributed by atoms with Gasteiger partial charge in [0.1, 0.15) is 6.10 Å². The zero-order chi connectivity index (χ0) is 12.8. The first-order valence-electron chi connectivity index (χ1n) is 4.05. The van der Waals surface area contributed by atoms with E-state index in [1.54, 1.807) is 0 Å². The molecular formula is C8H17NO6. The summed E-state index contributed by atoms with van der Waals surface area (Å²) in [5.41, 5.74) is 0. The number of carbonyl (C=O) groups is 2. The number of hydrogen-bond donors (Lipinski definition) is 3. The molecule has 0 spiro atoms. The zero-order valence-electron chi connectivity index (χ0n) is 9.17. The van der Waals surface area contributed by atoms with Gasteiger partial charge >= 0.3 is 5.97 Å². The molecule has 0 aromatic heterocycles. The molecular weight excluding hydrogens is 206 g/mol. The van der Waals surface area contributed by atoms with Crippen LogP contribution in [0.25, 0.3) is 0 Å². The predicted octanol–water partition coefficient (Wildman–Crippen LogP) is -3.13. The Morgan fingerprint density at radius 3 is 1.40 bits per heavy atom. The third-order valence-corrected chi connectivity index (χ3v) is 0.794. The lowest BCUT2D eigenvalue weighted by molar-refractivity contribution is -0.849. The van der Waals surface area contributed by atoms with Crippen molar-refractivity contribution < 1.29 is 34.5 Å². The van der Waals surface area contributed by atoms with Gasteiger partial charge in [-0.15, -0.1) is 0 Å². The Morgan fingerprint density at radius 2 is 1.33 bits per heavy atom. The molecule has 0 aliphatic rings. The summed E-state index contributed by atoms with van der Waals surface area (Å²) in [6, 6.07) is 0. The van der Waals surface area contributed by atoms with E-state index in [0.29, 0.717) is 0 Å². The van der Waals surface area contributed by atoms with Gasteiger partial charge < -0.3 is 29.7 Å². The van der Waals surface area contributed by atoms with Crippen LogP contribution >= 0.6 is 0 Å². The lowest BCUT2D eigenvalue weighted by atomic mass is 10.2. The Bertz CT molecular complexity index is 198. The van der Waals surface area contributed by atoms with Crippen LogP contribution < -0.4 is 5.11 Å². The van der Waals surface area contributed by atoms with Crippen LogP contribution in [0, 0.1) is 0 Å². The van der Waals surface area contributed by atoms with E-state index in [2.05, 4.69) is 28.2 Å². The fourth-order valence-corrected chi connectivity index (χ4v) is 0.264. The van der Waals surface area contributed by atoms with Gasteiger partial charge in [0.05, 0.1) is 34.2 Å². The van der Waals surface area contributed by atoms with Gasteiger partial charge in [-0.2, -0.15) is 0 Å². The summed E-state index contributed by atoms with van der Waals surface area (Å²) in [4.78, 5) is 19.4. The predicted molar refractivity (Wildman–Crippen MR) is 48.6 cm³/mol. The summed E-state index contributed by atoms with van der Waals surface area (Å²) in [6.07, 6.45) is -4.71. The highest BCUT2D eigenvalue weighted by Gasteiger charge is 2.23. The van der Waals surface area contributed by atoms with Crippen LogP contribution in [-0.4, -0.2) is 72.1 Å². The van der Waals surface area contributed by atoms with Gasteiger partial charge in [-0.05, 0) is 0 Å². The van der Waals surface area contributed by atoms with Crippen molar-refractivity contribution in [3.05, 3.63) is 0 Å². The van der Waals surface area contributed by atoms with Gasteiger partial charge in [-0.25, -0.2) is 4.79 Å². The largest absolute Gasteiger partial charge is 0.547 e. The maximum Gasteiger partial charge on any atom is 0.335 e. The van der Waals surface area contributed by atoms with Gasteiger partial charge in [0.15, 0.2) is 6.10 Å². The van der Waals surface area contributed by atoms with Crippen molar-refractivity contribution in [1.82, 2.24) is 0 Å². The minimum absolute atomic E-state index is 1.00. The normalized spacial score (nSPS) is 14.5. The SMILES string of the molecule is C[N+](C)(C)C.O=C([O-])C(O)C(O)C(=O)O. The van der Waals surface area contributed by atoms with Crippen molar-refractivity contribution in [2.75, 3.05) is 28.2 Å². The van der Waals surface area contributed by atoms with E-state index in [-0.39, 0.29) is 0 Å². The van der Waals surface area contributed by atoms with E-state index < -0.39 is 24.1 Å². The second kappa shape index (κ2) is 6.33. The summed E-state index contributed by atoms with van der Waals surface area (Å²) in [5, 5.41) is 34.1. The van der Waals surface area contributed by atoms with E-state index in [9.17, 15) is 14.7 Å². The van der Waals surface area contributed by atoms with Crippen molar-refractivity contribution in [1.29, 1.82) is 0 Å². The molecule has 0 fully saturated rings. The van der Waals surface area contributed by atoms with E-state index in [4.69, 9.17) is 15.3 Å². The smallest absolute Gasteiger partial charge is 0.335 e. The topological polar surface area (TPSA) is 118 Å². The van der Waals surface area contributed by atoms with E-state index >= 15 is 0 Å². The van der Waals surface area contributed by atoms with Gasteiger partial charge in [0.2, 0.25) is 0 Å². The van der Waals surface area contributed by atoms with Crippen LogP contribution in [0.2, 0.25) is 0 Å². The second-order valence-electron chi connectivity index (χ2n) is 4.23. The molecule has 2 unspecified atom stereocenters. The highest BCUT2D eigenvalue weighted by molar-refractivity contribution is 5.81. The number of nitrogens with zero attached hydrogens (tertiary/aromatic N) is 1. The van der Waals surface area contributed by atoms with Crippen molar-refractivity contribution in [3.63, 3.8) is 0 Å². The number of hydrogen-bond acceptors (Lipinski definition) is 5. The lowest BCUT2D eigenvalue weighted by Crippen LogP contribution is -2.46. The fraction of sp³-hybridized carbons (Fsp3) is 0.750. The van der Waals surface area contributed by atoms with Gasteiger partial charge in [-0.1, -0.05) is 0 Å². The van der Waals surface area contributed by atoms with Gasteiger partial charge in [0.25, 0.3) is 0 Å². The molecule has 0 bridgehead atoms. The Hall–Kier alpha value is -1.18. The number of aliphatic hydroxyl groups excluding tert-OH is 2. The van der Waals surface area contributed by atoms with Crippen LogP contribution in [0.15, 0.2) is 0 Å². The van der Waals surface area contributed by atoms with Crippen molar-refractivity contribution in [2.24, 2.45) is 0 Å². The first kappa shape index (κ1) is 16.3. The monoisotopic (exact) mass is 223 g/mol. The Morgan fingerprint density at radius 1 is 1.07 bits per heavy atom. The number of carbonyl (C=O) groups excluding carboxylic acids is 1. The molecule has 0 saturated heterocycles. The van der Waals surface area contributed by atoms with Crippen LogP contribution in [-0.2, 0) is 9.59 Å². The molecule has 3 N–H and O–H groups in total. The molecule has 0 radical (unpaired) electrons. The first-order valence-corrected chi connectivity index (χ1v) is 4.05.